The average molecular weight is 431 g/mol. The summed E-state index contributed by atoms with van der Waals surface area (Å²) >= 11 is 0. The van der Waals surface area contributed by atoms with Gasteiger partial charge in [-0.25, -0.2) is 4.98 Å². The van der Waals surface area contributed by atoms with Gasteiger partial charge >= 0.3 is 5.97 Å². The van der Waals surface area contributed by atoms with Gasteiger partial charge in [-0.15, -0.1) is 0 Å². The average Bonchev–Trinajstić information content (AvgIpc) is 3.34. The molecule has 4 unspecified atom stereocenters. The zero-order valence-electron chi connectivity index (χ0n) is 19.5. The van der Waals surface area contributed by atoms with E-state index in [2.05, 4.69) is 59.8 Å². The Morgan fingerprint density at radius 2 is 1.88 bits per heavy atom. The molecule has 0 N–H and O–H groups in total. The number of aromatic nitrogens is 2. The molecular formula is C28H34N2O2. The Balaban J connectivity index is 1.30. The summed E-state index contributed by atoms with van der Waals surface area (Å²) in [4.78, 5) is 16.2. The van der Waals surface area contributed by atoms with Crippen LogP contribution in [0.25, 0.3) is 16.7 Å². The minimum Gasteiger partial charge on any atom is -0.462 e. The van der Waals surface area contributed by atoms with Crippen LogP contribution in [0.4, 0.5) is 0 Å². The molecular weight excluding hydrogens is 396 g/mol. The molecule has 0 amide bonds. The number of fused-ring (bicyclic) bond motifs is 6. The number of nitrogens with zero attached hydrogens (tertiary/aromatic N) is 2. The molecule has 1 aromatic carbocycles. The lowest BCUT2D eigenvalue weighted by Gasteiger charge is -2.57. The Labute approximate surface area is 190 Å². The number of allylic oxidation sites excluding steroid dienone is 3. The summed E-state index contributed by atoms with van der Waals surface area (Å²) in [5.41, 5.74) is 5.81. The number of para-hydroxylation sites is 2. The van der Waals surface area contributed by atoms with Crippen LogP contribution >= 0.6 is 0 Å². The third-order valence-electron chi connectivity index (χ3n) is 9.64. The van der Waals surface area contributed by atoms with Gasteiger partial charge in [0.15, 0.2) is 0 Å². The first-order chi connectivity index (χ1) is 15.4. The standard InChI is InChI=1S/C28H34N2O2/c1-18(31)32-20-12-14-27(2)19(16-20)8-9-21-22-10-11-26(28(22,3)15-13-23(21)27)30-17-29-24-6-4-5-7-25(24)30/h4-8,11,17,20-23H,9-10,12-16H2,1-3H3/t20-,21?,22?,23?,27-,28?/m0/s1. The summed E-state index contributed by atoms with van der Waals surface area (Å²) in [6.07, 6.45) is 15.1. The van der Waals surface area contributed by atoms with E-state index in [1.165, 1.54) is 43.8 Å². The van der Waals surface area contributed by atoms with E-state index < -0.39 is 0 Å². The van der Waals surface area contributed by atoms with Gasteiger partial charge < -0.3 is 9.30 Å². The molecule has 4 heteroatoms. The second kappa shape index (κ2) is 7.07. The maximum Gasteiger partial charge on any atom is 0.302 e. The SMILES string of the molecule is CC(=O)O[C@H]1CC[C@@]2(C)C(=CCC3C4CC=C(n5cnc6ccccc65)C4(C)CCC32)C1. The Bertz CT molecular complexity index is 1140. The van der Waals surface area contributed by atoms with Crippen LogP contribution in [-0.2, 0) is 9.53 Å². The van der Waals surface area contributed by atoms with E-state index in [-0.39, 0.29) is 22.9 Å². The number of benzene rings is 1. The molecule has 2 saturated carbocycles. The van der Waals surface area contributed by atoms with Crippen molar-refractivity contribution < 1.29 is 9.53 Å². The molecule has 0 aliphatic heterocycles. The summed E-state index contributed by atoms with van der Waals surface area (Å²) < 4.78 is 7.97. The second-order valence-electron chi connectivity index (χ2n) is 11.1. The van der Waals surface area contributed by atoms with Gasteiger partial charge in [0.2, 0.25) is 0 Å². The summed E-state index contributed by atoms with van der Waals surface area (Å²) in [5, 5.41) is 0. The molecule has 32 heavy (non-hydrogen) atoms. The van der Waals surface area contributed by atoms with Crippen molar-refractivity contribution in [3.8, 4) is 0 Å². The van der Waals surface area contributed by atoms with Crippen LogP contribution in [0.5, 0.6) is 0 Å². The monoisotopic (exact) mass is 430 g/mol. The lowest BCUT2D eigenvalue weighted by Crippen LogP contribution is -2.50. The molecule has 0 radical (unpaired) electrons. The Morgan fingerprint density at radius 1 is 1.06 bits per heavy atom. The highest BCUT2D eigenvalue weighted by Crippen LogP contribution is 2.65. The zero-order valence-corrected chi connectivity index (χ0v) is 19.5. The van der Waals surface area contributed by atoms with Crippen LogP contribution in [0, 0.1) is 28.6 Å². The molecule has 2 aromatic rings. The van der Waals surface area contributed by atoms with Gasteiger partial charge in [-0.2, -0.15) is 0 Å². The van der Waals surface area contributed by atoms with E-state index in [9.17, 15) is 4.79 Å². The Morgan fingerprint density at radius 3 is 2.72 bits per heavy atom. The van der Waals surface area contributed by atoms with Gasteiger partial charge in [0.1, 0.15) is 12.4 Å². The van der Waals surface area contributed by atoms with Crippen LogP contribution in [-0.4, -0.2) is 21.6 Å². The first-order valence-electron chi connectivity index (χ1n) is 12.4. The first-order valence-corrected chi connectivity index (χ1v) is 12.4. The fourth-order valence-corrected chi connectivity index (χ4v) is 8.03. The van der Waals surface area contributed by atoms with Gasteiger partial charge in [-0.1, -0.05) is 43.7 Å². The molecule has 2 fully saturated rings. The van der Waals surface area contributed by atoms with Crippen molar-refractivity contribution in [3.05, 3.63) is 48.3 Å². The number of hydrogen-bond acceptors (Lipinski definition) is 3. The van der Waals surface area contributed by atoms with Crippen molar-refractivity contribution in [2.75, 3.05) is 0 Å². The second-order valence-corrected chi connectivity index (χ2v) is 11.1. The van der Waals surface area contributed by atoms with Crippen LogP contribution < -0.4 is 0 Å². The molecule has 0 bridgehead atoms. The molecule has 4 aliphatic carbocycles. The molecule has 6 rings (SSSR count). The highest BCUT2D eigenvalue weighted by molar-refractivity contribution is 5.80. The maximum atomic E-state index is 11.5. The predicted octanol–water partition coefficient (Wildman–Crippen LogP) is 6.38. The van der Waals surface area contributed by atoms with Crippen molar-refractivity contribution in [1.82, 2.24) is 9.55 Å². The van der Waals surface area contributed by atoms with Crippen LogP contribution in [0.15, 0.2) is 48.3 Å². The minimum atomic E-state index is -0.141. The first kappa shape index (κ1) is 20.3. The Kier molecular flexibility index (Phi) is 4.48. The van der Waals surface area contributed by atoms with Crippen molar-refractivity contribution in [2.24, 2.45) is 28.6 Å². The molecule has 4 aliphatic rings. The number of carbonyl (C=O) groups excluding carboxylic acids is 1. The van der Waals surface area contributed by atoms with E-state index in [0.29, 0.717) is 5.92 Å². The number of imidazole rings is 1. The van der Waals surface area contributed by atoms with E-state index >= 15 is 0 Å². The van der Waals surface area contributed by atoms with E-state index in [1.807, 2.05) is 6.33 Å². The maximum absolute atomic E-state index is 11.5. The molecule has 168 valence electrons. The molecule has 6 atom stereocenters. The molecule has 4 nitrogen and oxygen atoms in total. The molecule has 1 heterocycles. The third-order valence-corrected chi connectivity index (χ3v) is 9.64. The predicted molar refractivity (Wildman–Crippen MR) is 127 cm³/mol. The molecule has 1 aromatic heterocycles. The highest BCUT2D eigenvalue weighted by atomic mass is 16.5. The molecule has 0 spiro atoms. The van der Waals surface area contributed by atoms with Crippen molar-refractivity contribution >= 4 is 22.7 Å². The smallest absolute Gasteiger partial charge is 0.302 e. The number of hydrogen-bond donors (Lipinski definition) is 0. The highest BCUT2D eigenvalue weighted by Gasteiger charge is 2.57. The van der Waals surface area contributed by atoms with Crippen LogP contribution in [0.3, 0.4) is 0 Å². The van der Waals surface area contributed by atoms with E-state index in [1.54, 1.807) is 5.57 Å². The van der Waals surface area contributed by atoms with Gasteiger partial charge in [-0.3, -0.25) is 4.79 Å². The lowest BCUT2D eigenvalue weighted by atomic mass is 9.47. The van der Waals surface area contributed by atoms with Gasteiger partial charge in [-0.05, 0) is 73.8 Å². The normalized spacial score (nSPS) is 38.3. The topological polar surface area (TPSA) is 44.1 Å². The molecule has 0 saturated heterocycles. The number of rotatable bonds is 2. The fraction of sp³-hybridized carbons (Fsp3) is 0.571. The minimum absolute atomic E-state index is 0.0755. The summed E-state index contributed by atoms with van der Waals surface area (Å²) in [7, 11) is 0. The van der Waals surface area contributed by atoms with E-state index in [0.717, 1.165) is 36.6 Å². The van der Waals surface area contributed by atoms with E-state index in [4.69, 9.17) is 4.74 Å². The quantitative estimate of drug-likeness (QED) is 0.410. The van der Waals surface area contributed by atoms with Gasteiger partial charge in [0.05, 0.1) is 11.0 Å². The van der Waals surface area contributed by atoms with Crippen molar-refractivity contribution in [1.29, 1.82) is 0 Å². The number of ether oxygens (including phenoxy) is 1. The zero-order chi connectivity index (χ0) is 22.1. The number of esters is 1. The largest absolute Gasteiger partial charge is 0.462 e. The van der Waals surface area contributed by atoms with Crippen molar-refractivity contribution in [3.63, 3.8) is 0 Å². The van der Waals surface area contributed by atoms with Gasteiger partial charge in [0.25, 0.3) is 0 Å². The Hall–Kier alpha value is -2.36. The van der Waals surface area contributed by atoms with Crippen LogP contribution in [0.1, 0.15) is 65.7 Å². The van der Waals surface area contributed by atoms with Crippen LogP contribution in [0.2, 0.25) is 0 Å². The fourth-order valence-electron chi connectivity index (χ4n) is 8.03. The van der Waals surface area contributed by atoms with Crippen molar-refractivity contribution in [2.45, 2.75) is 71.8 Å². The number of carbonyl (C=O) groups is 1. The lowest BCUT2D eigenvalue weighted by molar-refractivity contribution is -0.148. The van der Waals surface area contributed by atoms with Gasteiger partial charge in [0, 0.05) is 24.5 Å². The summed E-state index contributed by atoms with van der Waals surface area (Å²) in [6, 6.07) is 8.50. The summed E-state index contributed by atoms with van der Waals surface area (Å²) in [6.45, 7) is 6.56. The summed E-state index contributed by atoms with van der Waals surface area (Å²) in [5.74, 6) is 2.03. The third kappa shape index (κ3) is 2.80.